The lowest BCUT2D eigenvalue weighted by Crippen LogP contribution is -2.49. The number of carbonyl (C=O) groups excluding carboxylic acids is 1. The van der Waals surface area contributed by atoms with E-state index >= 15 is 0 Å². The lowest BCUT2D eigenvalue weighted by molar-refractivity contribution is -0.149. The molecule has 1 aromatic rings. The summed E-state index contributed by atoms with van der Waals surface area (Å²) in [6.45, 7) is 4.48. The van der Waals surface area contributed by atoms with Gasteiger partial charge in [0.15, 0.2) is 0 Å². The van der Waals surface area contributed by atoms with Gasteiger partial charge in [-0.1, -0.05) is 12.1 Å². The number of piperidine rings is 1. The Morgan fingerprint density at radius 2 is 2.19 bits per heavy atom. The molecule has 0 spiro atoms. The second-order valence-electron chi connectivity index (χ2n) is 7.62. The molecule has 0 radical (unpaired) electrons. The molecule has 0 saturated carbocycles. The largest absolute Gasteiger partial charge is 0.492 e. The molecule has 1 atom stereocenters. The quantitative estimate of drug-likeness (QED) is 0.771. The second-order valence-corrected chi connectivity index (χ2v) is 9.26. The van der Waals surface area contributed by atoms with Gasteiger partial charge in [0.2, 0.25) is 0 Å². The third-order valence-corrected chi connectivity index (χ3v) is 5.90. The van der Waals surface area contributed by atoms with Gasteiger partial charge >= 0.3 is 0 Å². The van der Waals surface area contributed by atoms with Gasteiger partial charge < -0.3 is 20.5 Å². The van der Waals surface area contributed by atoms with Crippen molar-refractivity contribution in [1.29, 1.82) is 0 Å². The fraction of sp³-hybridized carbons (Fsp3) is 0.556. The fourth-order valence-corrected chi connectivity index (χ4v) is 4.60. The number of hydrogen-bond donors (Lipinski definition) is 2. The first-order valence-electron chi connectivity index (χ1n) is 8.92. The first-order valence-corrected chi connectivity index (χ1v) is 10.5. The number of benzene rings is 1. The lowest BCUT2D eigenvalue weighted by atomic mass is 9.97. The van der Waals surface area contributed by atoms with Crippen LogP contribution in [-0.2, 0) is 20.6 Å². The Balaban J connectivity index is 1.71. The summed E-state index contributed by atoms with van der Waals surface area (Å²) in [5.74, 6) is 0.0681. The number of rotatable bonds is 4. The Hall–Kier alpha value is -2.13. The van der Waals surface area contributed by atoms with Crippen molar-refractivity contribution < 1.29 is 23.1 Å². The van der Waals surface area contributed by atoms with Gasteiger partial charge in [0.25, 0.3) is 15.9 Å². The molecule has 8 nitrogen and oxygen atoms in total. The SMILES string of the molecule is CC(C)(O)C(=O)N1CCC[C@H](COc2cccc3c2C(N)=NS(=O)(=O)C3)C1. The topological polar surface area (TPSA) is 122 Å². The van der Waals surface area contributed by atoms with Gasteiger partial charge in [-0.3, -0.25) is 4.79 Å². The van der Waals surface area contributed by atoms with Gasteiger partial charge in [0.05, 0.1) is 17.9 Å². The number of fused-ring (bicyclic) bond motifs is 1. The van der Waals surface area contributed by atoms with E-state index in [-0.39, 0.29) is 23.4 Å². The van der Waals surface area contributed by atoms with Gasteiger partial charge in [0, 0.05) is 19.0 Å². The molecule has 1 amide bonds. The summed E-state index contributed by atoms with van der Waals surface area (Å²) in [4.78, 5) is 13.9. The normalized spacial score (nSPS) is 22.0. The van der Waals surface area contributed by atoms with Crippen molar-refractivity contribution in [3.8, 4) is 5.75 Å². The summed E-state index contributed by atoms with van der Waals surface area (Å²) in [5, 5.41) is 9.94. The smallest absolute Gasteiger partial charge is 0.259 e. The summed E-state index contributed by atoms with van der Waals surface area (Å²) in [6.07, 6.45) is 1.74. The van der Waals surface area contributed by atoms with E-state index in [2.05, 4.69) is 4.40 Å². The van der Waals surface area contributed by atoms with Crippen LogP contribution in [0.2, 0.25) is 0 Å². The average Bonchev–Trinajstić information content (AvgIpc) is 2.57. The highest BCUT2D eigenvalue weighted by atomic mass is 32.2. The highest BCUT2D eigenvalue weighted by molar-refractivity contribution is 7.89. The molecule has 0 unspecified atom stereocenters. The molecule has 2 aliphatic rings. The summed E-state index contributed by atoms with van der Waals surface area (Å²) < 4.78 is 33.0. The number of sulfonamides is 1. The first kappa shape index (κ1) is 19.6. The maximum Gasteiger partial charge on any atom is 0.259 e. The van der Waals surface area contributed by atoms with Gasteiger partial charge in [0.1, 0.15) is 17.2 Å². The molecule has 2 aliphatic heterocycles. The third kappa shape index (κ3) is 4.41. The van der Waals surface area contributed by atoms with Gasteiger partial charge in [-0.15, -0.1) is 4.40 Å². The molecule has 0 aromatic heterocycles. The summed E-state index contributed by atoms with van der Waals surface area (Å²) in [6, 6.07) is 5.17. The first-order chi connectivity index (χ1) is 12.6. The number of likely N-dealkylation sites (tertiary alicyclic amines) is 1. The molecule has 1 fully saturated rings. The monoisotopic (exact) mass is 395 g/mol. The van der Waals surface area contributed by atoms with E-state index in [1.807, 2.05) is 0 Å². The summed E-state index contributed by atoms with van der Waals surface area (Å²) in [7, 11) is -3.59. The molecule has 148 valence electrons. The van der Waals surface area contributed by atoms with Crippen LogP contribution < -0.4 is 10.5 Å². The number of hydrogen-bond acceptors (Lipinski definition) is 6. The van der Waals surface area contributed by atoms with Crippen LogP contribution in [0.4, 0.5) is 0 Å². The summed E-state index contributed by atoms with van der Waals surface area (Å²) in [5.41, 5.74) is 5.55. The van der Waals surface area contributed by atoms with E-state index < -0.39 is 15.6 Å². The molecule has 1 aromatic carbocycles. The number of ether oxygens (including phenoxy) is 1. The highest BCUT2D eigenvalue weighted by Gasteiger charge is 2.33. The minimum Gasteiger partial charge on any atom is -0.492 e. The zero-order valence-corrected chi connectivity index (χ0v) is 16.3. The van der Waals surface area contributed by atoms with E-state index in [0.717, 1.165) is 12.8 Å². The van der Waals surface area contributed by atoms with E-state index in [1.165, 1.54) is 13.8 Å². The number of nitrogens with zero attached hydrogens (tertiary/aromatic N) is 2. The van der Waals surface area contributed by atoms with Crippen LogP contribution in [0.25, 0.3) is 0 Å². The van der Waals surface area contributed by atoms with E-state index in [9.17, 15) is 18.3 Å². The number of amides is 1. The fourth-order valence-electron chi connectivity index (χ4n) is 3.51. The molecule has 3 N–H and O–H groups in total. The van der Waals surface area contributed by atoms with Gasteiger partial charge in [-0.25, -0.2) is 8.42 Å². The number of aliphatic hydroxyl groups is 1. The van der Waals surface area contributed by atoms with Gasteiger partial charge in [-0.05, 0) is 38.3 Å². The van der Waals surface area contributed by atoms with Crippen LogP contribution in [0, 0.1) is 5.92 Å². The van der Waals surface area contributed by atoms with Crippen LogP contribution in [-0.4, -0.2) is 55.5 Å². The highest BCUT2D eigenvalue weighted by Crippen LogP contribution is 2.29. The predicted octanol–water partition coefficient (Wildman–Crippen LogP) is 0.624. The van der Waals surface area contributed by atoms with Crippen LogP contribution >= 0.6 is 0 Å². The number of carbonyl (C=O) groups is 1. The zero-order valence-electron chi connectivity index (χ0n) is 15.5. The zero-order chi connectivity index (χ0) is 19.8. The van der Waals surface area contributed by atoms with Crippen LogP contribution in [0.15, 0.2) is 22.6 Å². The maximum absolute atomic E-state index is 12.3. The minimum absolute atomic E-state index is 0.0608. The van der Waals surface area contributed by atoms with Crippen molar-refractivity contribution in [3.63, 3.8) is 0 Å². The Kier molecular flexibility index (Phi) is 5.18. The minimum atomic E-state index is -3.59. The van der Waals surface area contributed by atoms with Crippen LogP contribution in [0.1, 0.15) is 37.8 Å². The maximum atomic E-state index is 12.3. The van der Waals surface area contributed by atoms with Crippen LogP contribution in [0.5, 0.6) is 5.75 Å². The van der Waals surface area contributed by atoms with Crippen LogP contribution in [0.3, 0.4) is 0 Å². The Morgan fingerprint density at radius 1 is 1.44 bits per heavy atom. The second kappa shape index (κ2) is 7.12. The molecule has 0 aliphatic carbocycles. The molecular weight excluding hydrogens is 370 g/mol. The van der Waals surface area contributed by atoms with E-state index in [1.54, 1.807) is 23.1 Å². The molecule has 9 heteroatoms. The number of amidine groups is 1. The van der Waals surface area contributed by atoms with Crippen molar-refractivity contribution in [3.05, 3.63) is 29.3 Å². The average molecular weight is 395 g/mol. The van der Waals surface area contributed by atoms with Crippen molar-refractivity contribution >= 4 is 21.8 Å². The summed E-state index contributed by atoms with van der Waals surface area (Å²) >= 11 is 0. The Labute approximate surface area is 159 Å². The molecular formula is C18H25N3O5S. The van der Waals surface area contributed by atoms with Crippen molar-refractivity contribution in [2.45, 2.75) is 38.0 Å². The third-order valence-electron chi connectivity index (χ3n) is 4.75. The van der Waals surface area contributed by atoms with Crippen molar-refractivity contribution in [1.82, 2.24) is 4.90 Å². The molecule has 0 bridgehead atoms. The Bertz CT molecular complexity index is 873. The van der Waals surface area contributed by atoms with E-state index in [0.29, 0.717) is 36.6 Å². The molecule has 3 rings (SSSR count). The van der Waals surface area contributed by atoms with Gasteiger partial charge in [-0.2, -0.15) is 0 Å². The Morgan fingerprint density at radius 3 is 2.89 bits per heavy atom. The number of nitrogens with two attached hydrogens (primary N) is 1. The van der Waals surface area contributed by atoms with E-state index in [4.69, 9.17) is 10.5 Å². The molecule has 27 heavy (non-hydrogen) atoms. The van der Waals surface area contributed by atoms with Crippen molar-refractivity contribution in [2.24, 2.45) is 16.0 Å². The lowest BCUT2D eigenvalue weighted by Gasteiger charge is -2.35. The molecule has 1 saturated heterocycles. The predicted molar refractivity (Wildman–Crippen MR) is 101 cm³/mol. The standard InChI is InChI=1S/C18H25N3O5S/c1-18(2,23)17(22)21-8-4-5-12(9-21)10-26-14-7-3-6-13-11-27(24,25)20-16(19)15(13)14/h3,6-7,12,23H,4-5,8-11H2,1-2H3,(H2,19,20)/t12-/m0/s1. The molecule has 2 heterocycles. The van der Waals surface area contributed by atoms with Crippen molar-refractivity contribution in [2.75, 3.05) is 19.7 Å².